The largest absolute Gasteiger partial charge is 0.480 e. The molecule has 2 aromatic heterocycles. The van der Waals surface area contributed by atoms with Gasteiger partial charge in [0.05, 0.1) is 5.69 Å². The minimum Gasteiger partial charge on any atom is -0.480 e. The smallest absolute Gasteiger partial charge is 0.320 e. The molecule has 102 valence electrons. The monoisotopic (exact) mass is 282 g/mol. The van der Waals surface area contributed by atoms with Gasteiger partial charge >= 0.3 is 5.97 Å². The third-order valence-corrected chi connectivity index (χ3v) is 3.32. The fraction of sp³-hybridized carbons (Fsp3) is 0.455. The van der Waals surface area contributed by atoms with Gasteiger partial charge in [-0.2, -0.15) is 9.61 Å². The van der Waals surface area contributed by atoms with Crippen molar-refractivity contribution in [3.8, 4) is 0 Å². The van der Waals surface area contributed by atoms with Gasteiger partial charge < -0.3 is 5.11 Å². The molecule has 2 heterocycles. The summed E-state index contributed by atoms with van der Waals surface area (Å²) >= 11 is 1.26. The topological polar surface area (TPSA) is 96.6 Å². The van der Waals surface area contributed by atoms with Crippen LogP contribution in [0.5, 0.6) is 0 Å². The van der Waals surface area contributed by atoms with Crippen molar-refractivity contribution < 1.29 is 9.90 Å². The van der Waals surface area contributed by atoms with Crippen LogP contribution in [0.2, 0.25) is 0 Å². The maximum atomic E-state index is 11.7. The summed E-state index contributed by atoms with van der Waals surface area (Å²) in [6.07, 6.45) is 1.31. The van der Waals surface area contributed by atoms with E-state index in [1.165, 1.54) is 27.4 Å². The minimum absolute atomic E-state index is 0.251. The van der Waals surface area contributed by atoms with E-state index in [1.807, 2.05) is 6.92 Å². The molecule has 1 unspecified atom stereocenters. The third kappa shape index (κ3) is 3.15. The molecule has 19 heavy (non-hydrogen) atoms. The predicted octanol–water partition coefficient (Wildman–Crippen LogP) is 0.494. The molecule has 2 aromatic rings. The van der Waals surface area contributed by atoms with E-state index in [4.69, 9.17) is 5.11 Å². The zero-order chi connectivity index (χ0) is 13.8. The van der Waals surface area contributed by atoms with Crippen molar-refractivity contribution in [1.82, 2.24) is 19.9 Å². The van der Waals surface area contributed by atoms with Gasteiger partial charge in [-0.15, -0.1) is 0 Å². The second kappa shape index (κ2) is 5.89. The van der Waals surface area contributed by atoms with Gasteiger partial charge in [-0.1, -0.05) is 24.7 Å². The van der Waals surface area contributed by atoms with Crippen LogP contribution in [-0.4, -0.2) is 31.7 Å². The predicted molar refractivity (Wildman–Crippen MR) is 70.3 cm³/mol. The molecule has 0 aliphatic rings. The summed E-state index contributed by atoms with van der Waals surface area (Å²) in [5.41, 5.74) is 1.81. The molecule has 2 N–H and O–H groups in total. The molecule has 2 rings (SSSR count). The van der Waals surface area contributed by atoms with Crippen LogP contribution in [0.4, 0.5) is 0 Å². The summed E-state index contributed by atoms with van der Waals surface area (Å²) in [6.45, 7) is 2.17. The highest BCUT2D eigenvalue weighted by Crippen LogP contribution is 2.04. The van der Waals surface area contributed by atoms with Crippen LogP contribution in [0.15, 0.2) is 16.4 Å². The third-order valence-electron chi connectivity index (χ3n) is 2.65. The Labute approximate surface area is 112 Å². The number of hydrogen-bond donors (Lipinski definition) is 2. The van der Waals surface area contributed by atoms with Gasteiger partial charge in [0.2, 0.25) is 4.96 Å². The highest BCUT2D eigenvalue weighted by molar-refractivity contribution is 7.14. The number of nitrogens with zero attached hydrogens (tertiary/aromatic N) is 3. The Morgan fingerprint density at radius 2 is 2.42 bits per heavy atom. The highest BCUT2D eigenvalue weighted by atomic mass is 32.1. The van der Waals surface area contributed by atoms with Crippen LogP contribution in [-0.2, 0) is 11.3 Å². The first-order valence-electron chi connectivity index (χ1n) is 5.90. The molecule has 0 aliphatic carbocycles. The summed E-state index contributed by atoms with van der Waals surface area (Å²) in [5.74, 6) is -0.891. The Balaban J connectivity index is 2.12. The number of hydrogen-bond acceptors (Lipinski definition) is 6. The average Bonchev–Trinajstić information content (AvgIpc) is 2.82. The Morgan fingerprint density at radius 1 is 1.63 bits per heavy atom. The number of nitrogens with one attached hydrogen (secondary N) is 1. The lowest BCUT2D eigenvalue weighted by molar-refractivity contribution is -0.139. The Hall–Kier alpha value is -1.80. The van der Waals surface area contributed by atoms with Crippen LogP contribution >= 0.6 is 11.3 Å². The first-order valence-corrected chi connectivity index (χ1v) is 6.78. The molecule has 8 heteroatoms. The maximum Gasteiger partial charge on any atom is 0.320 e. The fourth-order valence-electron chi connectivity index (χ4n) is 1.72. The van der Waals surface area contributed by atoms with Crippen molar-refractivity contribution in [2.24, 2.45) is 0 Å². The van der Waals surface area contributed by atoms with E-state index in [-0.39, 0.29) is 12.1 Å². The molecule has 0 radical (unpaired) electrons. The SMILES string of the molecule is CCCC(NCc1cc(=O)n2ncsc2n1)C(=O)O. The van der Waals surface area contributed by atoms with E-state index in [1.54, 1.807) is 0 Å². The van der Waals surface area contributed by atoms with Gasteiger partial charge in [0, 0.05) is 12.6 Å². The van der Waals surface area contributed by atoms with E-state index in [0.717, 1.165) is 6.42 Å². The molecule has 0 aliphatic heterocycles. The lowest BCUT2D eigenvalue weighted by Crippen LogP contribution is -2.36. The van der Waals surface area contributed by atoms with Crippen LogP contribution in [0.3, 0.4) is 0 Å². The van der Waals surface area contributed by atoms with Crippen LogP contribution in [0, 0.1) is 0 Å². The Bertz CT molecular complexity index is 636. The standard InChI is InChI=1S/C11H14N4O3S/c1-2-3-8(10(17)18)12-5-7-4-9(16)15-11(14-7)19-6-13-15/h4,6,8,12H,2-3,5H2,1H3,(H,17,18). The molecular weight excluding hydrogens is 268 g/mol. The zero-order valence-electron chi connectivity index (χ0n) is 10.4. The molecule has 7 nitrogen and oxygen atoms in total. The number of rotatable bonds is 6. The summed E-state index contributed by atoms with van der Waals surface area (Å²) in [4.78, 5) is 27.4. The number of carboxylic acids is 1. The Kier molecular flexibility index (Phi) is 4.23. The van der Waals surface area contributed by atoms with E-state index in [9.17, 15) is 9.59 Å². The second-order valence-electron chi connectivity index (χ2n) is 4.08. The van der Waals surface area contributed by atoms with Gasteiger partial charge in [-0.3, -0.25) is 14.9 Å². The number of fused-ring (bicyclic) bond motifs is 1. The van der Waals surface area contributed by atoms with E-state index < -0.39 is 12.0 Å². The summed E-state index contributed by atoms with van der Waals surface area (Å²) in [6, 6.07) is 0.747. The second-order valence-corrected chi connectivity index (χ2v) is 4.89. The number of aliphatic carboxylic acids is 1. The number of aromatic nitrogens is 3. The molecule has 0 aromatic carbocycles. The van der Waals surface area contributed by atoms with Gasteiger partial charge in [0.25, 0.3) is 5.56 Å². The molecular formula is C11H14N4O3S. The summed E-state index contributed by atoms with van der Waals surface area (Å²) < 4.78 is 1.22. The van der Waals surface area contributed by atoms with Crippen LogP contribution in [0.25, 0.3) is 4.96 Å². The molecule has 0 amide bonds. The maximum absolute atomic E-state index is 11.7. The molecule has 0 spiro atoms. The first-order chi connectivity index (χ1) is 9.11. The number of carbonyl (C=O) groups is 1. The highest BCUT2D eigenvalue weighted by Gasteiger charge is 2.15. The first kappa shape index (κ1) is 13.6. The van der Waals surface area contributed by atoms with E-state index >= 15 is 0 Å². The molecule has 0 bridgehead atoms. The van der Waals surface area contributed by atoms with Gasteiger partial charge in [-0.05, 0) is 6.42 Å². The van der Waals surface area contributed by atoms with E-state index in [2.05, 4.69) is 15.4 Å². The van der Waals surface area contributed by atoms with Crippen molar-refractivity contribution in [3.05, 3.63) is 27.6 Å². The van der Waals surface area contributed by atoms with Crippen molar-refractivity contribution >= 4 is 22.3 Å². The lowest BCUT2D eigenvalue weighted by atomic mass is 10.1. The summed E-state index contributed by atoms with van der Waals surface area (Å²) in [5, 5.41) is 15.8. The summed E-state index contributed by atoms with van der Waals surface area (Å²) in [7, 11) is 0. The Morgan fingerprint density at radius 3 is 3.11 bits per heavy atom. The molecule has 0 saturated carbocycles. The molecule has 0 saturated heterocycles. The zero-order valence-corrected chi connectivity index (χ0v) is 11.2. The van der Waals surface area contributed by atoms with Crippen LogP contribution in [0.1, 0.15) is 25.5 Å². The van der Waals surface area contributed by atoms with E-state index in [0.29, 0.717) is 17.1 Å². The van der Waals surface area contributed by atoms with Crippen molar-refractivity contribution in [1.29, 1.82) is 0 Å². The lowest BCUT2D eigenvalue weighted by Gasteiger charge is -2.12. The molecule has 1 atom stereocenters. The van der Waals surface area contributed by atoms with Crippen molar-refractivity contribution in [2.45, 2.75) is 32.4 Å². The van der Waals surface area contributed by atoms with Crippen molar-refractivity contribution in [2.75, 3.05) is 0 Å². The fourth-order valence-corrected chi connectivity index (χ4v) is 2.36. The van der Waals surface area contributed by atoms with Crippen LogP contribution < -0.4 is 10.9 Å². The quantitative estimate of drug-likeness (QED) is 0.800. The van der Waals surface area contributed by atoms with Gasteiger partial charge in [-0.25, -0.2) is 4.98 Å². The van der Waals surface area contributed by atoms with Crippen molar-refractivity contribution in [3.63, 3.8) is 0 Å². The minimum atomic E-state index is -0.891. The molecule has 0 fully saturated rings. The normalized spacial score (nSPS) is 12.7. The average molecular weight is 282 g/mol. The number of carboxylic acid groups (broad SMARTS) is 1. The van der Waals surface area contributed by atoms with Gasteiger partial charge in [0.1, 0.15) is 11.6 Å². The van der Waals surface area contributed by atoms with Gasteiger partial charge in [0.15, 0.2) is 0 Å².